The van der Waals surface area contributed by atoms with Crippen LogP contribution in [0.3, 0.4) is 0 Å². The monoisotopic (exact) mass is 363 g/mol. The largest absolute Gasteiger partial charge is 0.381 e. The first-order valence-corrected chi connectivity index (χ1v) is 9.93. The Bertz CT molecular complexity index is 568. The predicted molar refractivity (Wildman–Crippen MR) is 102 cm³/mol. The van der Waals surface area contributed by atoms with E-state index in [1.807, 2.05) is 17.9 Å². The van der Waals surface area contributed by atoms with Gasteiger partial charge in [0.1, 0.15) is 0 Å². The third kappa shape index (κ3) is 5.45. The molecule has 1 N–H and O–H groups in total. The van der Waals surface area contributed by atoms with Crippen molar-refractivity contribution in [3.8, 4) is 0 Å². The summed E-state index contributed by atoms with van der Waals surface area (Å²) in [5.74, 6) is 2.16. The number of hydrogen-bond acceptors (Lipinski definition) is 4. The number of aryl methyl sites for hydroxylation is 1. The molecule has 2 aliphatic rings. The Balaban J connectivity index is 1.40. The van der Waals surface area contributed by atoms with E-state index < -0.39 is 0 Å². The summed E-state index contributed by atoms with van der Waals surface area (Å²) >= 11 is 0. The summed E-state index contributed by atoms with van der Waals surface area (Å²) in [6.07, 6.45) is 7.37. The van der Waals surface area contributed by atoms with E-state index in [9.17, 15) is 0 Å². The van der Waals surface area contributed by atoms with Gasteiger partial charge in [-0.25, -0.2) is 0 Å². The minimum atomic E-state index is 0.546. The minimum Gasteiger partial charge on any atom is -0.381 e. The molecule has 2 fully saturated rings. The molecule has 1 aromatic heterocycles. The van der Waals surface area contributed by atoms with Gasteiger partial charge in [-0.3, -0.25) is 9.67 Å². The third-order valence-electron chi connectivity index (χ3n) is 5.10. The summed E-state index contributed by atoms with van der Waals surface area (Å²) < 4.78 is 13.0. The summed E-state index contributed by atoms with van der Waals surface area (Å²) in [6.45, 7) is 9.22. The van der Waals surface area contributed by atoms with Gasteiger partial charge in [-0.05, 0) is 31.7 Å². The predicted octanol–water partition coefficient (Wildman–Crippen LogP) is 1.62. The van der Waals surface area contributed by atoms with E-state index in [0.29, 0.717) is 11.8 Å². The first-order chi connectivity index (χ1) is 12.8. The fourth-order valence-corrected chi connectivity index (χ4v) is 3.62. The number of likely N-dealkylation sites (tertiary alicyclic amines) is 1. The molecule has 2 unspecified atom stereocenters. The van der Waals surface area contributed by atoms with Crippen molar-refractivity contribution in [3.05, 3.63) is 18.0 Å². The van der Waals surface area contributed by atoms with Gasteiger partial charge in [0.25, 0.3) is 0 Å². The van der Waals surface area contributed by atoms with Gasteiger partial charge in [-0.1, -0.05) is 0 Å². The minimum absolute atomic E-state index is 0.546. The van der Waals surface area contributed by atoms with Crippen molar-refractivity contribution >= 4 is 5.96 Å². The highest BCUT2D eigenvalue weighted by Gasteiger charge is 2.26. The fraction of sp³-hybridized carbons (Fsp3) is 0.789. The highest BCUT2D eigenvalue weighted by atomic mass is 16.5. The summed E-state index contributed by atoms with van der Waals surface area (Å²) in [5.41, 5.74) is 1.33. The molecule has 0 bridgehead atoms. The second-order valence-electron chi connectivity index (χ2n) is 7.27. The molecular formula is C19H33N5O2. The van der Waals surface area contributed by atoms with E-state index in [2.05, 4.69) is 28.4 Å². The van der Waals surface area contributed by atoms with Crippen LogP contribution in [0.2, 0.25) is 0 Å². The average molecular weight is 364 g/mol. The van der Waals surface area contributed by atoms with Crippen LogP contribution in [0.25, 0.3) is 0 Å². The molecule has 1 aromatic rings. The van der Waals surface area contributed by atoms with Gasteiger partial charge in [0.15, 0.2) is 5.96 Å². The van der Waals surface area contributed by atoms with Crippen LogP contribution in [-0.4, -0.2) is 73.2 Å². The highest BCUT2D eigenvalue weighted by Crippen LogP contribution is 2.26. The number of aromatic nitrogens is 2. The van der Waals surface area contributed by atoms with E-state index in [1.165, 1.54) is 5.56 Å². The number of nitrogens with zero attached hydrogens (tertiary/aromatic N) is 4. The van der Waals surface area contributed by atoms with E-state index in [1.54, 1.807) is 0 Å². The Labute approximate surface area is 156 Å². The second-order valence-corrected chi connectivity index (χ2v) is 7.27. The van der Waals surface area contributed by atoms with Crippen LogP contribution in [0.4, 0.5) is 0 Å². The zero-order valence-corrected chi connectivity index (χ0v) is 16.2. The number of nitrogens with one attached hydrogen (secondary N) is 1. The molecule has 7 heteroatoms. The van der Waals surface area contributed by atoms with Crippen molar-refractivity contribution in [2.45, 2.75) is 32.1 Å². The van der Waals surface area contributed by atoms with E-state index in [0.717, 1.165) is 77.8 Å². The van der Waals surface area contributed by atoms with Crippen LogP contribution in [0.15, 0.2) is 17.4 Å². The molecule has 3 heterocycles. The van der Waals surface area contributed by atoms with Gasteiger partial charge in [0.2, 0.25) is 0 Å². The Morgan fingerprint density at radius 3 is 3.12 bits per heavy atom. The van der Waals surface area contributed by atoms with Gasteiger partial charge >= 0.3 is 0 Å². The smallest absolute Gasteiger partial charge is 0.193 e. The number of guanidine groups is 1. The molecule has 0 amide bonds. The van der Waals surface area contributed by atoms with Crippen LogP contribution in [0.1, 0.15) is 37.7 Å². The van der Waals surface area contributed by atoms with Gasteiger partial charge in [-0.15, -0.1) is 0 Å². The molecule has 0 spiro atoms. The standard InChI is InChI=1S/C19H33N5O2/c1-3-20-19(21-7-4-9-25-14-16-6-10-26-15-16)24-8-5-17(13-24)18-11-22-23(2)12-18/h11-12,16-17H,3-10,13-15H2,1-2H3,(H,20,21). The first kappa shape index (κ1) is 19.2. The summed E-state index contributed by atoms with van der Waals surface area (Å²) in [4.78, 5) is 7.18. The maximum Gasteiger partial charge on any atom is 0.193 e. The summed E-state index contributed by atoms with van der Waals surface area (Å²) in [5, 5.41) is 7.74. The molecule has 2 aliphatic heterocycles. The van der Waals surface area contributed by atoms with Crippen LogP contribution < -0.4 is 5.32 Å². The third-order valence-corrected chi connectivity index (χ3v) is 5.10. The number of rotatable bonds is 8. The second kappa shape index (κ2) is 9.92. The number of hydrogen-bond donors (Lipinski definition) is 1. The van der Waals surface area contributed by atoms with Crippen LogP contribution in [0, 0.1) is 5.92 Å². The Hall–Kier alpha value is -1.60. The van der Waals surface area contributed by atoms with E-state index in [-0.39, 0.29) is 0 Å². The molecule has 0 aromatic carbocycles. The zero-order valence-electron chi connectivity index (χ0n) is 16.2. The summed E-state index contributed by atoms with van der Waals surface area (Å²) in [6, 6.07) is 0. The molecule has 26 heavy (non-hydrogen) atoms. The Morgan fingerprint density at radius 2 is 2.38 bits per heavy atom. The number of aliphatic imine (C=N–C) groups is 1. The molecule has 0 saturated carbocycles. The average Bonchev–Trinajstić information content (AvgIpc) is 3.38. The zero-order chi connectivity index (χ0) is 18.2. The normalized spacial score (nSPS) is 23.8. The van der Waals surface area contributed by atoms with E-state index in [4.69, 9.17) is 14.5 Å². The number of ether oxygens (including phenoxy) is 2. The maximum atomic E-state index is 5.77. The van der Waals surface area contributed by atoms with Crippen LogP contribution in [-0.2, 0) is 16.5 Å². The van der Waals surface area contributed by atoms with Gasteiger partial charge in [0.05, 0.1) is 19.4 Å². The molecule has 0 aliphatic carbocycles. The molecule has 2 saturated heterocycles. The molecule has 3 rings (SSSR count). The van der Waals surface area contributed by atoms with Crippen LogP contribution >= 0.6 is 0 Å². The lowest BCUT2D eigenvalue weighted by atomic mass is 10.0. The topological polar surface area (TPSA) is 63.9 Å². The SMILES string of the molecule is CCNC(=NCCCOCC1CCOC1)N1CCC(c2cnn(C)c2)C1. The first-order valence-electron chi connectivity index (χ1n) is 9.93. The highest BCUT2D eigenvalue weighted by molar-refractivity contribution is 5.80. The van der Waals surface area contributed by atoms with Crippen molar-refractivity contribution in [1.29, 1.82) is 0 Å². The summed E-state index contributed by atoms with van der Waals surface area (Å²) in [7, 11) is 1.98. The Kier molecular flexibility index (Phi) is 7.32. The van der Waals surface area contributed by atoms with Crippen molar-refractivity contribution in [3.63, 3.8) is 0 Å². The lowest BCUT2D eigenvalue weighted by Crippen LogP contribution is -2.40. The van der Waals surface area contributed by atoms with Gasteiger partial charge < -0.3 is 19.7 Å². The van der Waals surface area contributed by atoms with Crippen molar-refractivity contribution in [1.82, 2.24) is 20.0 Å². The maximum absolute atomic E-state index is 5.77. The van der Waals surface area contributed by atoms with Gasteiger partial charge in [-0.2, -0.15) is 5.10 Å². The van der Waals surface area contributed by atoms with Gasteiger partial charge in [0, 0.05) is 64.5 Å². The van der Waals surface area contributed by atoms with Crippen molar-refractivity contribution < 1.29 is 9.47 Å². The van der Waals surface area contributed by atoms with Crippen molar-refractivity contribution in [2.75, 3.05) is 52.6 Å². The van der Waals surface area contributed by atoms with Crippen LogP contribution in [0.5, 0.6) is 0 Å². The molecule has 146 valence electrons. The molecule has 2 atom stereocenters. The molecule has 0 radical (unpaired) electrons. The lowest BCUT2D eigenvalue weighted by Gasteiger charge is -2.21. The lowest BCUT2D eigenvalue weighted by molar-refractivity contribution is 0.0893. The quantitative estimate of drug-likeness (QED) is 0.432. The van der Waals surface area contributed by atoms with E-state index >= 15 is 0 Å². The van der Waals surface area contributed by atoms with Crippen molar-refractivity contribution in [2.24, 2.45) is 18.0 Å². The molecule has 7 nitrogen and oxygen atoms in total. The Morgan fingerprint density at radius 1 is 1.46 bits per heavy atom. The molecular weight excluding hydrogens is 330 g/mol. The fourth-order valence-electron chi connectivity index (χ4n) is 3.62.